The summed E-state index contributed by atoms with van der Waals surface area (Å²) >= 11 is 3.99. The molecule has 2 unspecified atom stereocenters. The van der Waals surface area contributed by atoms with E-state index in [1.54, 1.807) is 0 Å². The quantitative estimate of drug-likeness (QED) is 0.123. The number of hydrogen-bond acceptors (Lipinski definition) is 2. The molecule has 1 aliphatic carbocycles. The van der Waals surface area contributed by atoms with Crippen molar-refractivity contribution in [3.8, 4) is 22.9 Å². The van der Waals surface area contributed by atoms with Gasteiger partial charge in [-0.05, 0) is 62.1 Å². The van der Waals surface area contributed by atoms with Crippen molar-refractivity contribution in [1.29, 1.82) is 0 Å². The standard InChI is InChI=1S/C48H56S2Si2/c1-29(2)51(30(3)4,31(5)6)27-25-39-37-21-23-42-36-18-14-16-20-44(36)50-48(42)46(37)40(26-28-52(32(7)8,33(9)10)34(11)12)38-22-24-41-35-17-13-15-19-43(35)49-47(41)45(38)39/h13-24,29-34,41,47H,1-12H3. The molecule has 2 atom stereocenters. The number of thiophene rings is 1. The Morgan fingerprint density at radius 2 is 1.12 bits per heavy atom. The maximum absolute atomic E-state index is 4.22. The molecular weight excluding hydrogens is 697 g/mol. The maximum atomic E-state index is 4.22. The number of allylic oxidation sites excluding steroid dienone is 1. The van der Waals surface area contributed by atoms with E-state index in [4.69, 9.17) is 0 Å². The Labute approximate surface area is 324 Å². The average Bonchev–Trinajstić information content (AvgIpc) is 3.66. The summed E-state index contributed by atoms with van der Waals surface area (Å²) in [6.07, 6.45) is 4.96. The van der Waals surface area contributed by atoms with Gasteiger partial charge < -0.3 is 0 Å². The smallest absolute Gasteiger partial charge is 0.134 e. The van der Waals surface area contributed by atoms with Crippen molar-refractivity contribution in [2.75, 3.05) is 0 Å². The molecule has 4 heteroatoms. The van der Waals surface area contributed by atoms with Crippen LogP contribution in [0.2, 0.25) is 33.2 Å². The molecule has 7 rings (SSSR count). The highest BCUT2D eigenvalue weighted by Gasteiger charge is 2.44. The molecule has 0 saturated carbocycles. The molecule has 0 spiro atoms. The molecule has 2 aliphatic rings. The van der Waals surface area contributed by atoms with E-state index in [-0.39, 0.29) is 5.25 Å². The summed E-state index contributed by atoms with van der Waals surface area (Å²) in [7, 11) is -4.04. The van der Waals surface area contributed by atoms with Gasteiger partial charge in [-0.1, -0.05) is 156 Å². The van der Waals surface area contributed by atoms with E-state index in [9.17, 15) is 0 Å². The topological polar surface area (TPSA) is 0 Å². The lowest BCUT2D eigenvalue weighted by atomic mass is 9.79. The molecule has 268 valence electrons. The van der Waals surface area contributed by atoms with Gasteiger partial charge in [0, 0.05) is 58.1 Å². The minimum Gasteiger partial charge on any atom is -0.134 e. The molecule has 0 amide bonds. The monoisotopic (exact) mass is 752 g/mol. The highest BCUT2D eigenvalue weighted by atomic mass is 32.2. The third-order valence-corrected chi connectivity index (χ3v) is 28.2. The molecule has 5 aromatic rings. The van der Waals surface area contributed by atoms with E-state index in [1.165, 1.54) is 63.7 Å². The van der Waals surface area contributed by atoms with E-state index in [1.807, 2.05) is 23.1 Å². The van der Waals surface area contributed by atoms with Gasteiger partial charge >= 0.3 is 0 Å². The van der Waals surface area contributed by atoms with Crippen LogP contribution >= 0.6 is 23.1 Å². The van der Waals surface area contributed by atoms with Crippen LogP contribution in [0.25, 0.3) is 37.0 Å². The van der Waals surface area contributed by atoms with Crippen molar-refractivity contribution in [1.82, 2.24) is 0 Å². The van der Waals surface area contributed by atoms with Gasteiger partial charge in [-0.25, -0.2) is 0 Å². The van der Waals surface area contributed by atoms with Crippen LogP contribution in [0.5, 0.6) is 0 Å². The number of hydrogen-bond donors (Lipinski definition) is 0. The van der Waals surface area contributed by atoms with E-state index < -0.39 is 16.1 Å². The SMILES string of the molecule is CC(C)[Si](C#Cc1c2c(c(C#C[Si](C(C)C)(C(C)C)C(C)C)c3c1ccc1c4ccccc4sc13)C=CC1c3ccccc3SC21)(C(C)C)C(C)C. The highest BCUT2D eigenvalue weighted by molar-refractivity contribution is 8.00. The molecule has 1 aliphatic heterocycles. The van der Waals surface area contributed by atoms with Gasteiger partial charge in [-0.3, -0.25) is 0 Å². The van der Waals surface area contributed by atoms with Crippen LogP contribution in [-0.4, -0.2) is 16.1 Å². The second-order valence-electron chi connectivity index (χ2n) is 17.3. The average molecular weight is 753 g/mol. The first-order chi connectivity index (χ1) is 24.7. The fraction of sp³-hybridized carbons (Fsp3) is 0.417. The van der Waals surface area contributed by atoms with Crippen molar-refractivity contribution in [2.24, 2.45) is 0 Å². The Hall–Kier alpha value is -3.00. The molecule has 2 heterocycles. The van der Waals surface area contributed by atoms with Crippen molar-refractivity contribution in [3.63, 3.8) is 0 Å². The maximum Gasteiger partial charge on any atom is 0.146 e. The van der Waals surface area contributed by atoms with Crippen molar-refractivity contribution in [2.45, 2.75) is 132 Å². The van der Waals surface area contributed by atoms with E-state index >= 15 is 0 Å². The van der Waals surface area contributed by atoms with Crippen molar-refractivity contribution in [3.05, 3.63) is 94.6 Å². The molecule has 0 nitrogen and oxygen atoms in total. The van der Waals surface area contributed by atoms with Crippen LogP contribution in [-0.2, 0) is 0 Å². The summed E-state index contributed by atoms with van der Waals surface area (Å²) in [5.41, 5.74) is 18.5. The van der Waals surface area contributed by atoms with Crippen molar-refractivity contribution < 1.29 is 0 Å². The largest absolute Gasteiger partial charge is 0.146 e. The zero-order valence-electron chi connectivity index (χ0n) is 33.4. The number of rotatable bonds is 6. The second kappa shape index (κ2) is 14.0. The van der Waals surface area contributed by atoms with Gasteiger partial charge in [0.15, 0.2) is 0 Å². The Morgan fingerprint density at radius 1 is 0.577 bits per heavy atom. The van der Waals surface area contributed by atoms with Crippen LogP contribution in [0.4, 0.5) is 0 Å². The van der Waals surface area contributed by atoms with E-state index in [0.29, 0.717) is 39.2 Å². The summed E-state index contributed by atoms with van der Waals surface area (Å²) in [5.74, 6) is 8.57. The lowest BCUT2D eigenvalue weighted by Gasteiger charge is -2.38. The fourth-order valence-corrected chi connectivity index (χ4v) is 23.8. The molecule has 52 heavy (non-hydrogen) atoms. The van der Waals surface area contributed by atoms with Crippen LogP contribution in [0.3, 0.4) is 0 Å². The predicted octanol–water partition coefficient (Wildman–Crippen LogP) is 15.3. The molecule has 0 N–H and O–H groups in total. The Bertz CT molecular complexity index is 2300. The first-order valence-electron chi connectivity index (χ1n) is 19.7. The van der Waals surface area contributed by atoms with Gasteiger partial charge in [0.05, 0.1) is 0 Å². The molecular formula is C48H56S2Si2. The van der Waals surface area contributed by atoms with Crippen molar-refractivity contribution >= 4 is 76.3 Å². The van der Waals surface area contributed by atoms with Gasteiger partial charge in [0.2, 0.25) is 0 Å². The normalized spacial score (nSPS) is 17.0. The Kier molecular flexibility index (Phi) is 10.1. The zero-order chi connectivity index (χ0) is 37.3. The summed E-state index contributed by atoms with van der Waals surface area (Å²) < 4.78 is 2.70. The summed E-state index contributed by atoms with van der Waals surface area (Å²) in [6, 6.07) is 22.8. The minimum absolute atomic E-state index is 0.278. The number of thioether (sulfide) groups is 1. The highest BCUT2D eigenvalue weighted by Crippen LogP contribution is 2.60. The second-order valence-corrected chi connectivity index (χ2v) is 30.7. The first-order valence-corrected chi connectivity index (χ1v) is 25.8. The van der Waals surface area contributed by atoms with E-state index in [0.717, 1.165) is 0 Å². The van der Waals surface area contributed by atoms with E-state index in [2.05, 4.69) is 179 Å². The molecule has 0 radical (unpaired) electrons. The molecule has 1 aromatic heterocycles. The lowest BCUT2D eigenvalue weighted by Crippen LogP contribution is -2.43. The Morgan fingerprint density at radius 3 is 1.73 bits per heavy atom. The number of benzene rings is 4. The molecule has 0 saturated heterocycles. The van der Waals surface area contributed by atoms with Gasteiger partial charge in [-0.2, -0.15) is 0 Å². The fourth-order valence-electron chi connectivity index (χ4n) is 10.6. The first kappa shape index (κ1) is 37.3. The predicted molar refractivity (Wildman–Crippen MR) is 240 cm³/mol. The van der Waals surface area contributed by atoms with Crippen LogP contribution < -0.4 is 0 Å². The molecule has 0 fully saturated rings. The number of fused-ring (bicyclic) bond motifs is 10. The Balaban J connectivity index is 1.67. The third kappa shape index (κ3) is 5.62. The van der Waals surface area contributed by atoms with Gasteiger partial charge in [-0.15, -0.1) is 34.2 Å². The molecule has 0 bridgehead atoms. The van der Waals surface area contributed by atoms with Crippen LogP contribution in [0.15, 0.2) is 71.6 Å². The van der Waals surface area contributed by atoms with Gasteiger partial charge in [0.25, 0.3) is 0 Å². The summed E-state index contributed by atoms with van der Waals surface area (Å²) in [6.45, 7) is 29.2. The molecule has 4 aromatic carbocycles. The zero-order valence-corrected chi connectivity index (χ0v) is 37.0. The van der Waals surface area contributed by atoms with Gasteiger partial charge in [0.1, 0.15) is 16.1 Å². The summed E-state index contributed by atoms with van der Waals surface area (Å²) in [5, 5.41) is 5.58. The van der Waals surface area contributed by atoms with Crippen LogP contribution in [0.1, 0.15) is 122 Å². The third-order valence-electron chi connectivity index (χ3n) is 13.0. The van der Waals surface area contributed by atoms with Crippen LogP contribution in [0, 0.1) is 22.9 Å². The lowest BCUT2D eigenvalue weighted by molar-refractivity contribution is 0.817. The minimum atomic E-state index is -2.02. The summed E-state index contributed by atoms with van der Waals surface area (Å²) in [4.78, 5) is 1.41.